The van der Waals surface area contributed by atoms with Crippen LogP contribution in [0.25, 0.3) is 22.4 Å². The third kappa shape index (κ3) is 2.57. The number of aromatic nitrogens is 4. The lowest BCUT2D eigenvalue weighted by atomic mass is 10.1. The molecule has 114 valence electrons. The van der Waals surface area contributed by atoms with Crippen LogP contribution in [0.4, 0.5) is 5.82 Å². The zero-order valence-corrected chi connectivity index (χ0v) is 12.6. The highest BCUT2D eigenvalue weighted by Gasteiger charge is 2.16. The Morgan fingerprint density at radius 2 is 1.70 bits per heavy atom. The van der Waals surface area contributed by atoms with Crippen molar-refractivity contribution < 1.29 is 0 Å². The number of aryl methyl sites for hydroxylation is 2. The van der Waals surface area contributed by atoms with E-state index in [-0.39, 0.29) is 0 Å². The quantitative estimate of drug-likeness (QED) is 0.541. The van der Waals surface area contributed by atoms with E-state index in [1.807, 2.05) is 30.3 Å². The molecule has 0 unspecified atom stereocenters. The summed E-state index contributed by atoms with van der Waals surface area (Å²) in [6, 6.07) is 18.3. The van der Waals surface area contributed by atoms with Crippen LogP contribution in [0.2, 0.25) is 0 Å². The van der Waals surface area contributed by atoms with Crippen LogP contribution < -0.4 is 5.73 Å². The Morgan fingerprint density at radius 1 is 0.913 bits per heavy atom. The minimum Gasteiger partial charge on any atom is -0.382 e. The molecule has 2 aromatic heterocycles. The van der Waals surface area contributed by atoms with E-state index in [2.05, 4.69) is 44.4 Å². The summed E-state index contributed by atoms with van der Waals surface area (Å²) in [7, 11) is 0. The molecule has 4 N–H and O–H groups in total. The second kappa shape index (κ2) is 5.61. The third-order valence-corrected chi connectivity index (χ3v) is 4.00. The molecular weight excluding hydrogens is 286 g/mol. The van der Waals surface area contributed by atoms with Crippen LogP contribution in [-0.4, -0.2) is 20.2 Å². The van der Waals surface area contributed by atoms with E-state index >= 15 is 0 Å². The van der Waals surface area contributed by atoms with Crippen LogP contribution in [0, 0.1) is 0 Å². The normalized spacial score (nSPS) is 11.1. The van der Waals surface area contributed by atoms with Gasteiger partial charge in [-0.3, -0.25) is 5.10 Å². The van der Waals surface area contributed by atoms with Gasteiger partial charge in [0.05, 0.1) is 16.6 Å². The second-order valence-electron chi connectivity index (χ2n) is 5.55. The van der Waals surface area contributed by atoms with E-state index < -0.39 is 0 Å². The Morgan fingerprint density at radius 3 is 2.52 bits per heavy atom. The molecular formula is C18H17N5. The van der Waals surface area contributed by atoms with Crippen LogP contribution >= 0.6 is 0 Å². The van der Waals surface area contributed by atoms with Crippen LogP contribution in [0.3, 0.4) is 0 Å². The SMILES string of the molecule is Nc1n[nH]c(CCc2ccccc2)c1-c1nc2ccccc2[nH]1. The van der Waals surface area contributed by atoms with E-state index in [4.69, 9.17) is 5.73 Å². The van der Waals surface area contributed by atoms with Crippen molar-refractivity contribution in [2.45, 2.75) is 12.8 Å². The van der Waals surface area contributed by atoms with Gasteiger partial charge in [-0.2, -0.15) is 5.10 Å². The average Bonchev–Trinajstić information content (AvgIpc) is 3.16. The molecule has 4 rings (SSSR count). The van der Waals surface area contributed by atoms with Crippen molar-refractivity contribution in [3.8, 4) is 11.4 Å². The minimum absolute atomic E-state index is 0.479. The molecule has 2 heterocycles. The lowest BCUT2D eigenvalue weighted by Gasteiger charge is -2.02. The zero-order chi connectivity index (χ0) is 15.6. The summed E-state index contributed by atoms with van der Waals surface area (Å²) >= 11 is 0. The van der Waals surface area contributed by atoms with Crippen LogP contribution in [0.15, 0.2) is 54.6 Å². The highest BCUT2D eigenvalue weighted by atomic mass is 15.2. The smallest absolute Gasteiger partial charge is 0.156 e. The van der Waals surface area contributed by atoms with Crippen molar-refractivity contribution in [3.05, 3.63) is 65.9 Å². The van der Waals surface area contributed by atoms with E-state index in [1.54, 1.807) is 0 Å². The monoisotopic (exact) mass is 303 g/mol. The number of hydrogen-bond donors (Lipinski definition) is 3. The molecule has 0 fully saturated rings. The Labute approximate surface area is 133 Å². The maximum Gasteiger partial charge on any atom is 0.156 e. The largest absolute Gasteiger partial charge is 0.382 e. The maximum atomic E-state index is 6.06. The van der Waals surface area contributed by atoms with E-state index in [0.29, 0.717) is 5.82 Å². The Hall–Kier alpha value is -3.08. The summed E-state index contributed by atoms with van der Waals surface area (Å²) < 4.78 is 0. The number of nitrogens with zero attached hydrogens (tertiary/aromatic N) is 2. The first-order valence-electron chi connectivity index (χ1n) is 7.63. The van der Waals surface area contributed by atoms with Crippen molar-refractivity contribution in [2.75, 3.05) is 5.73 Å². The van der Waals surface area contributed by atoms with Crippen LogP contribution in [0.5, 0.6) is 0 Å². The van der Waals surface area contributed by atoms with Gasteiger partial charge in [0.25, 0.3) is 0 Å². The van der Waals surface area contributed by atoms with Crippen LogP contribution in [-0.2, 0) is 12.8 Å². The average molecular weight is 303 g/mol. The van der Waals surface area contributed by atoms with Crippen molar-refractivity contribution in [1.29, 1.82) is 0 Å². The number of imidazole rings is 1. The number of anilines is 1. The van der Waals surface area contributed by atoms with Gasteiger partial charge in [-0.15, -0.1) is 0 Å². The van der Waals surface area contributed by atoms with Gasteiger partial charge in [0.15, 0.2) is 5.82 Å². The summed E-state index contributed by atoms with van der Waals surface area (Å²) in [5.41, 5.74) is 11.2. The van der Waals surface area contributed by atoms with E-state index in [9.17, 15) is 0 Å². The summed E-state index contributed by atoms with van der Waals surface area (Å²) in [5, 5.41) is 7.22. The van der Waals surface area contributed by atoms with Crippen molar-refractivity contribution in [3.63, 3.8) is 0 Å². The van der Waals surface area contributed by atoms with Crippen molar-refractivity contribution >= 4 is 16.9 Å². The zero-order valence-electron chi connectivity index (χ0n) is 12.6. The van der Waals surface area contributed by atoms with Gasteiger partial charge in [0.2, 0.25) is 0 Å². The number of benzene rings is 2. The van der Waals surface area contributed by atoms with E-state index in [0.717, 1.165) is 41.0 Å². The molecule has 0 saturated carbocycles. The molecule has 0 bridgehead atoms. The fourth-order valence-corrected chi connectivity index (χ4v) is 2.82. The molecule has 0 aliphatic carbocycles. The summed E-state index contributed by atoms with van der Waals surface area (Å²) in [6.07, 6.45) is 1.76. The third-order valence-electron chi connectivity index (χ3n) is 4.00. The van der Waals surface area contributed by atoms with Gasteiger partial charge in [-0.05, 0) is 30.5 Å². The molecule has 2 aromatic carbocycles. The highest BCUT2D eigenvalue weighted by molar-refractivity contribution is 5.82. The lowest BCUT2D eigenvalue weighted by molar-refractivity contribution is 0.894. The molecule has 4 aromatic rings. The topological polar surface area (TPSA) is 83.4 Å². The molecule has 23 heavy (non-hydrogen) atoms. The Kier molecular flexibility index (Phi) is 3.31. The number of nitrogens with two attached hydrogens (primary N) is 1. The Bertz CT molecular complexity index is 903. The number of nitrogen functional groups attached to an aromatic ring is 1. The summed E-state index contributed by atoms with van der Waals surface area (Å²) in [5.74, 6) is 1.24. The molecule has 0 saturated heterocycles. The van der Waals surface area contributed by atoms with Gasteiger partial charge >= 0.3 is 0 Å². The fraction of sp³-hybridized carbons (Fsp3) is 0.111. The maximum absolute atomic E-state index is 6.06. The standard InChI is InChI=1S/C18H17N5/c19-17-16(18-20-13-8-4-5-9-14(13)21-18)15(22-23-17)11-10-12-6-2-1-3-7-12/h1-9H,10-11H2,(H,20,21)(H3,19,22,23). The fourth-order valence-electron chi connectivity index (χ4n) is 2.82. The first kappa shape index (κ1) is 13.6. The van der Waals surface area contributed by atoms with Gasteiger partial charge in [-0.1, -0.05) is 42.5 Å². The van der Waals surface area contributed by atoms with Crippen molar-refractivity contribution in [1.82, 2.24) is 20.2 Å². The number of H-pyrrole nitrogens is 2. The summed E-state index contributed by atoms with van der Waals surface area (Å²) in [4.78, 5) is 7.96. The summed E-state index contributed by atoms with van der Waals surface area (Å²) in [6.45, 7) is 0. The van der Waals surface area contributed by atoms with Crippen molar-refractivity contribution in [2.24, 2.45) is 0 Å². The molecule has 5 heteroatoms. The number of fused-ring (bicyclic) bond motifs is 1. The molecule has 0 amide bonds. The Balaban J connectivity index is 1.67. The lowest BCUT2D eigenvalue weighted by Crippen LogP contribution is -1.96. The van der Waals surface area contributed by atoms with E-state index in [1.165, 1.54) is 5.56 Å². The highest BCUT2D eigenvalue weighted by Crippen LogP contribution is 2.28. The minimum atomic E-state index is 0.479. The number of rotatable bonds is 4. The molecule has 5 nitrogen and oxygen atoms in total. The number of aromatic amines is 2. The number of hydrogen-bond acceptors (Lipinski definition) is 3. The van der Waals surface area contributed by atoms with Gasteiger partial charge < -0.3 is 10.7 Å². The predicted molar refractivity (Wildman–Crippen MR) is 91.9 cm³/mol. The molecule has 0 atom stereocenters. The molecule has 0 aliphatic rings. The predicted octanol–water partition coefficient (Wildman–Crippen LogP) is 3.32. The van der Waals surface area contributed by atoms with Crippen LogP contribution in [0.1, 0.15) is 11.3 Å². The first-order valence-corrected chi connectivity index (χ1v) is 7.63. The first-order chi connectivity index (χ1) is 11.3. The molecule has 0 spiro atoms. The second-order valence-corrected chi connectivity index (χ2v) is 5.55. The number of nitrogens with one attached hydrogen (secondary N) is 2. The molecule has 0 aliphatic heterocycles. The molecule has 0 radical (unpaired) electrons. The van der Waals surface area contributed by atoms with Gasteiger partial charge in [0, 0.05) is 5.69 Å². The number of para-hydroxylation sites is 2. The van der Waals surface area contributed by atoms with Gasteiger partial charge in [0.1, 0.15) is 5.82 Å². The van der Waals surface area contributed by atoms with Gasteiger partial charge in [-0.25, -0.2) is 4.98 Å².